The summed E-state index contributed by atoms with van der Waals surface area (Å²) >= 11 is 0. The van der Waals surface area contributed by atoms with Crippen LogP contribution in [0.5, 0.6) is 0 Å². The Bertz CT molecular complexity index is 1220. The molecule has 0 aromatic heterocycles. The van der Waals surface area contributed by atoms with E-state index in [4.69, 9.17) is 9.47 Å². The first-order chi connectivity index (χ1) is 22.9. The Kier molecular flexibility index (Phi) is 14.4. The van der Waals surface area contributed by atoms with Crippen molar-refractivity contribution in [1.82, 2.24) is 0 Å². The summed E-state index contributed by atoms with van der Waals surface area (Å²) in [6.45, 7) is 17.0. The summed E-state index contributed by atoms with van der Waals surface area (Å²) < 4.78 is 11.1. The van der Waals surface area contributed by atoms with E-state index in [2.05, 4.69) is 45.2 Å². The van der Waals surface area contributed by atoms with Crippen molar-refractivity contribution in [3.8, 4) is 0 Å². The predicted octanol–water partition coefficient (Wildman–Crippen LogP) is 10.5. The minimum absolute atomic E-state index is 0.0196. The first-order valence-electron chi connectivity index (χ1n) is 19.4. The maximum Gasteiger partial charge on any atom is 0.336 e. The van der Waals surface area contributed by atoms with Crippen LogP contribution in [0.25, 0.3) is 0 Å². The molecule has 0 amide bonds. The molecule has 3 aliphatic rings. The van der Waals surface area contributed by atoms with Crippen LogP contribution < -0.4 is 0 Å². The second-order valence-electron chi connectivity index (χ2n) is 16.4. The van der Waals surface area contributed by atoms with Crippen LogP contribution in [0.3, 0.4) is 0 Å². The van der Waals surface area contributed by atoms with Crippen LogP contribution in [0.2, 0.25) is 0 Å². The Morgan fingerprint density at radius 3 is 1.94 bits per heavy atom. The highest BCUT2D eigenvalue weighted by Gasteiger charge is 2.34. The summed E-state index contributed by atoms with van der Waals surface area (Å²) in [4.78, 5) is 24.7. The van der Waals surface area contributed by atoms with Crippen molar-refractivity contribution >= 4 is 11.9 Å². The van der Waals surface area contributed by atoms with Gasteiger partial charge >= 0.3 is 11.9 Å². The summed E-state index contributed by atoms with van der Waals surface area (Å²) in [6.07, 6.45) is 21.2. The molecular formula is C43H66O5. The monoisotopic (exact) mass is 662 g/mol. The molecule has 1 aromatic carbocycles. The molecule has 268 valence electrons. The third-order valence-corrected chi connectivity index (χ3v) is 12.4. The van der Waals surface area contributed by atoms with E-state index in [1.54, 1.807) is 12.5 Å². The molecule has 3 aliphatic carbocycles. The van der Waals surface area contributed by atoms with E-state index in [9.17, 15) is 14.7 Å². The van der Waals surface area contributed by atoms with Crippen LogP contribution in [0.1, 0.15) is 159 Å². The second kappa shape index (κ2) is 18.0. The molecule has 1 N–H and O–H groups in total. The number of carbonyl (C=O) groups excluding carboxylic acids is 2. The zero-order valence-corrected chi connectivity index (χ0v) is 31.0. The van der Waals surface area contributed by atoms with Crippen molar-refractivity contribution in [2.45, 2.75) is 155 Å². The van der Waals surface area contributed by atoms with Crippen molar-refractivity contribution in [1.29, 1.82) is 0 Å². The van der Waals surface area contributed by atoms with Crippen LogP contribution in [-0.4, -0.2) is 35.9 Å². The average molecular weight is 663 g/mol. The van der Waals surface area contributed by atoms with Gasteiger partial charge in [-0.25, -0.2) is 9.59 Å². The van der Waals surface area contributed by atoms with Gasteiger partial charge in [-0.1, -0.05) is 76.8 Å². The SMILES string of the molecule is C=C(C)C(=O)OCC(COC(=O)C(=C)C(C)(C)O)C1CCC(c2ccc(C3CCC(C4CCC(CCCCC)CC4)CC3)c(C)c2)CC1. The zero-order valence-electron chi connectivity index (χ0n) is 31.0. The lowest BCUT2D eigenvalue weighted by Gasteiger charge is -2.38. The number of rotatable bonds is 15. The number of unbranched alkanes of at least 4 members (excludes halogenated alkanes) is 2. The smallest absolute Gasteiger partial charge is 0.336 e. The Hall–Kier alpha value is -2.40. The Labute approximate surface area is 292 Å². The Morgan fingerprint density at radius 2 is 1.40 bits per heavy atom. The van der Waals surface area contributed by atoms with Crippen molar-refractivity contribution in [3.05, 3.63) is 59.2 Å². The van der Waals surface area contributed by atoms with E-state index in [1.165, 1.54) is 102 Å². The summed E-state index contributed by atoms with van der Waals surface area (Å²) in [5.41, 5.74) is 3.49. The van der Waals surface area contributed by atoms with Gasteiger partial charge in [0.1, 0.15) is 0 Å². The number of esters is 2. The third kappa shape index (κ3) is 10.8. The van der Waals surface area contributed by atoms with E-state index < -0.39 is 17.5 Å². The molecule has 0 radical (unpaired) electrons. The summed E-state index contributed by atoms with van der Waals surface area (Å²) in [7, 11) is 0. The lowest BCUT2D eigenvalue weighted by molar-refractivity contribution is -0.147. The van der Waals surface area contributed by atoms with E-state index in [1.807, 2.05) is 0 Å². The standard InChI is InChI=1S/C43H66O5/c1-8-9-10-11-32-12-14-33(15-13-32)34-20-22-37(23-21-34)40-25-24-38(26-30(40)4)35-16-18-36(19-17-35)39(27-47-41(44)29(2)3)28-48-42(45)31(5)43(6,7)46/h24-26,32-37,39,46H,2,5,8-23,27-28H2,1,3-4,6-7H3. The van der Waals surface area contributed by atoms with E-state index in [0.29, 0.717) is 17.4 Å². The fraction of sp³-hybridized carbons (Fsp3) is 0.721. The fourth-order valence-electron chi connectivity index (χ4n) is 9.01. The minimum Gasteiger partial charge on any atom is -0.462 e. The highest BCUT2D eigenvalue weighted by molar-refractivity contribution is 5.89. The van der Waals surface area contributed by atoms with E-state index in [-0.39, 0.29) is 30.6 Å². The van der Waals surface area contributed by atoms with E-state index >= 15 is 0 Å². The molecule has 5 heteroatoms. The lowest BCUT2D eigenvalue weighted by atomic mass is 9.67. The molecule has 3 saturated carbocycles. The molecule has 0 saturated heterocycles. The van der Waals surface area contributed by atoms with Crippen molar-refractivity contribution in [2.24, 2.45) is 29.6 Å². The van der Waals surface area contributed by atoms with Gasteiger partial charge in [-0.2, -0.15) is 0 Å². The van der Waals surface area contributed by atoms with Gasteiger partial charge in [0.05, 0.1) is 24.4 Å². The molecule has 0 aliphatic heterocycles. The molecule has 48 heavy (non-hydrogen) atoms. The molecule has 1 atom stereocenters. The van der Waals surface area contributed by atoms with Gasteiger partial charge < -0.3 is 14.6 Å². The van der Waals surface area contributed by atoms with Crippen LogP contribution in [0.15, 0.2) is 42.5 Å². The van der Waals surface area contributed by atoms with Crippen molar-refractivity contribution in [3.63, 3.8) is 0 Å². The van der Waals surface area contributed by atoms with Crippen LogP contribution in [0, 0.1) is 36.5 Å². The topological polar surface area (TPSA) is 72.8 Å². The van der Waals surface area contributed by atoms with Crippen molar-refractivity contribution < 1.29 is 24.2 Å². The number of benzene rings is 1. The van der Waals surface area contributed by atoms with Crippen LogP contribution in [-0.2, 0) is 19.1 Å². The highest BCUT2D eigenvalue weighted by Crippen LogP contribution is 2.46. The number of aryl methyl sites for hydroxylation is 1. The van der Waals surface area contributed by atoms with Gasteiger partial charge in [-0.05, 0) is 144 Å². The van der Waals surface area contributed by atoms with Gasteiger partial charge in [-0.3, -0.25) is 0 Å². The molecule has 1 unspecified atom stereocenters. The largest absolute Gasteiger partial charge is 0.462 e. The van der Waals surface area contributed by atoms with Crippen molar-refractivity contribution in [2.75, 3.05) is 13.2 Å². The van der Waals surface area contributed by atoms with Gasteiger partial charge in [-0.15, -0.1) is 0 Å². The highest BCUT2D eigenvalue weighted by atomic mass is 16.5. The van der Waals surface area contributed by atoms with Gasteiger partial charge in [0.2, 0.25) is 0 Å². The minimum atomic E-state index is -1.35. The van der Waals surface area contributed by atoms with Gasteiger partial charge in [0, 0.05) is 11.5 Å². The Morgan fingerprint density at radius 1 is 0.833 bits per heavy atom. The Balaban J connectivity index is 1.27. The quantitative estimate of drug-likeness (QED) is 0.115. The number of carbonyl (C=O) groups is 2. The lowest BCUT2D eigenvalue weighted by Crippen LogP contribution is -2.33. The summed E-state index contributed by atoms with van der Waals surface area (Å²) in [6, 6.07) is 7.30. The maximum absolute atomic E-state index is 12.6. The predicted molar refractivity (Wildman–Crippen MR) is 196 cm³/mol. The fourth-order valence-corrected chi connectivity index (χ4v) is 9.01. The summed E-state index contributed by atoms with van der Waals surface area (Å²) in [5, 5.41) is 10.2. The molecule has 4 rings (SSSR count). The number of hydrogen-bond acceptors (Lipinski definition) is 5. The molecule has 0 bridgehead atoms. The number of ether oxygens (including phenoxy) is 2. The van der Waals surface area contributed by atoms with Crippen LogP contribution in [0.4, 0.5) is 0 Å². The molecule has 5 nitrogen and oxygen atoms in total. The average Bonchev–Trinajstić information content (AvgIpc) is 3.08. The normalized spacial score (nSPS) is 27.1. The number of hydrogen-bond donors (Lipinski definition) is 1. The molecule has 0 heterocycles. The zero-order chi connectivity index (χ0) is 34.8. The number of aliphatic hydroxyl groups is 1. The molecule has 0 spiro atoms. The first-order valence-corrected chi connectivity index (χ1v) is 19.4. The third-order valence-electron chi connectivity index (χ3n) is 12.4. The summed E-state index contributed by atoms with van der Waals surface area (Å²) in [5.74, 6) is 3.26. The molecular weight excluding hydrogens is 596 g/mol. The van der Waals surface area contributed by atoms with E-state index in [0.717, 1.165) is 43.4 Å². The van der Waals surface area contributed by atoms with Crippen LogP contribution >= 0.6 is 0 Å². The molecule has 3 fully saturated rings. The van der Waals surface area contributed by atoms with Gasteiger partial charge in [0.15, 0.2) is 0 Å². The first kappa shape index (κ1) is 38.4. The molecule has 1 aromatic rings. The van der Waals surface area contributed by atoms with Gasteiger partial charge in [0.25, 0.3) is 0 Å². The second-order valence-corrected chi connectivity index (χ2v) is 16.4. The maximum atomic E-state index is 12.6.